The van der Waals surface area contributed by atoms with E-state index in [1.54, 1.807) is 30.7 Å². The Morgan fingerprint density at radius 1 is 1.10 bits per heavy atom. The molecule has 1 N–H and O–H groups in total. The van der Waals surface area contributed by atoms with Crippen molar-refractivity contribution in [1.82, 2.24) is 15.1 Å². The number of fused-ring (bicyclic) bond motifs is 1. The van der Waals surface area contributed by atoms with Crippen molar-refractivity contribution in [2.75, 3.05) is 0 Å². The molecule has 7 heteroatoms. The van der Waals surface area contributed by atoms with E-state index in [1.807, 2.05) is 45.0 Å². The number of aromatic nitrogens is 2. The first kappa shape index (κ1) is 22.5. The van der Waals surface area contributed by atoms with E-state index in [2.05, 4.69) is 10.4 Å². The second-order valence-electron chi connectivity index (χ2n) is 8.91. The van der Waals surface area contributed by atoms with Crippen LogP contribution in [-0.2, 0) is 16.1 Å². The minimum absolute atomic E-state index is 0.226. The van der Waals surface area contributed by atoms with Gasteiger partial charge in [0, 0.05) is 5.39 Å². The number of hydrogen-bond acceptors (Lipinski definition) is 4. The molecule has 0 aliphatic carbocycles. The molecule has 0 aliphatic heterocycles. The van der Waals surface area contributed by atoms with Crippen LogP contribution in [-0.4, -0.2) is 33.8 Å². The lowest BCUT2D eigenvalue weighted by molar-refractivity contribution is -0.152. The third-order valence-corrected chi connectivity index (χ3v) is 4.85. The number of rotatable bonds is 6. The molecule has 6 nitrogen and oxygen atoms in total. The van der Waals surface area contributed by atoms with Crippen molar-refractivity contribution >= 4 is 22.8 Å². The molecule has 0 fully saturated rings. The van der Waals surface area contributed by atoms with Crippen molar-refractivity contribution in [3.05, 3.63) is 65.6 Å². The number of carbonyl (C=O) groups excluding carboxylic acids is 2. The zero-order valence-electron chi connectivity index (χ0n) is 18.5. The summed E-state index contributed by atoms with van der Waals surface area (Å²) < 4.78 is 20.3. The summed E-state index contributed by atoms with van der Waals surface area (Å²) in [6, 6.07) is 12.7. The number of nitrogens with zero attached hydrogens (tertiary/aromatic N) is 2. The molecule has 31 heavy (non-hydrogen) atoms. The fourth-order valence-electron chi connectivity index (χ4n) is 3.31. The van der Waals surface area contributed by atoms with E-state index in [4.69, 9.17) is 4.74 Å². The van der Waals surface area contributed by atoms with Crippen LogP contribution < -0.4 is 5.32 Å². The van der Waals surface area contributed by atoms with Gasteiger partial charge in [-0.1, -0.05) is 51.1 Å². The molecule has 0 spiro atoms. The van der Waals surface area contributed by atoms with E-state index in [0.29, 0.717) is 11.9 Å². The molecule has 1 heterocycles. The van der Waals surface area contributed by atoms with Gasteiger partial charge in [-0.25, -0.2) is 9.18 Å². The van der Waals surface area contributed by atoms with E-state index in [0.717, 1.165) is 11.1 Å². The van der Waals surface area contributed by atoms with Crippen molar-refractivity contribution < 1.29 is 18.7 Å². The van der Waals surface area contributed by atoms with Crippen LogP contribution in [0.1, 0.15) is 50.7 Å². The summed E-state index contributed by atoms with van der Waals surface area (Å²) >= 11 is 0. The summed E-state index contributed by atoms with van der Waals surface area (Å²) in [4.78, 5) is 25.8. The van der Waals surface area contributed by atoms with Crippen LogP contribution in [0.15, 0.2) is 48.5 Å². The van der Waals surface area contributed by atoms with Crippen molar-refractivity contribution in [3.8, 4) is 0 Å². The second-order valence-corrected chi connectivity index (χ2v) is 8.91. The molecule has 2 aromatic carbocycles. The van der Waals surface area contributed by atoms with Crippen LogP contribution in [0.4, 0.5) is 4.39 Å². The van der Waals surface area contributed by atoms with Gasteiger partial charge in [0.15, 0.2) is 5.69 Å². The number of carbonyl (C=O) groups is 2. The van der Waals surface area contributed by atoms with Gasteiger partial charge >= 0.3 is 5.97 Å². The van der Waals surface area contributed by atoms with Crippen LogP contribution in [0, 0.1) is 11.2 Å². The molecular formula is C24H28FN3O3. The predicted octanol–water partition coefficient (Wildman–Crippen LogP) is 4.32. The Morgan fingerprint density at radius 2 is 1.74 bits per heavy atom. The third kappa shape index (κ3) is 5.29. The van der Waals surface area contributed by atoms with Crippen molar-refractivity contribution in [3.63, 3.8) is 0 Å². The SMILES string of the molecule is CC(C)OC(=O)C(NC(=O)c1nn(Cc2ccc(F)cc2)c2ccccc12)C(C)(C)C. The van der Waals surface area contributed by atoms with E-state index >= 15 is 0 Å². The zero-order valence-corrected chi connectivity index (χ0v) is 18.5. The smallest absolute Gasteiger partial charge is 0.329 e. The monoisotopic (exact) mass is 425 g/mol. The van der Waals surface area contributed by atoms with Gasteiger partial charge in [0.05, 0.1) is 18.2 Å². The van der Waals surface area contributed by atoms with Crippen LogP contribution >= 0.6 is 0 Å². The standard InChI is InChI=1S/C24H28FN3O3/c1-15(2)31-23(30)21(24(3,4)5)26-22(29)20-18-8-6-7-9-19(18)28(27-20)14-16-10-12-17(25)13-11-16/h6-13,15,21H,14H2,1-5H3,(H,26,29). The van der Waals surface area contributed by atoms with E-state index in [-0.39, 0.29) is 17.6 Å². The lowest BCUT2D eigenvalue weighted by Gasteiger charge is -2.30. The number of benzene rings is 2. The van der Waals surface area contributed by atoms with Gasteiger partial charge in [-0.3, -0.25) is 9.48 Å². The van der Waals surface area contributed by atoms with Gasteiger partial charge in [0.25, 0.3) is 5.91 Å². The third-order valence-electron chi connectivity index (χ3n) is 4.85. The fraction of sp³-hybridized carbons (Fsp3) is 0.375. The number of esters is 1. The van der Waals surface area contributed by atoms with Gasteiger partial charge in [0.1, 0.15) is 11.9 Å². The zero-order chi connectivity index (χ0) is 22.8. The summed E-state index contributed by atoms with van der Waals surface area (Å²) in [5.41, 5.74) is 1.31. The van der Waals surface area contributed by atoms with Crippen molar-refractivity contribution in [2.45, 2.75) is 53.3 Å². The maximum absolute atomic E-state index is 13.2. The second kappa shape index (κ2) is 8.88. The molecule has 1 amide bonds. The highest BCUT2D eigenvalue weighted by Crippen LogP contribution is 2.24. The minimum atomic E-state index is -0.830. The van der Waals surface area contributed by atoms with Gasteiger partial charge < -0.3 is 10.1 Å². The number of ether oxygens (including phenoxy) is 1. The Balaban J connectivity index is 1.93. The topological polar surface area (TPSA) is 73.2 Å². The molecule has 1 atom stereocenters. The summed E-state index contributed by atoms with van der Waals surface area (Å²) in [7, 11) is 0. The summed E-state index contributed by atoms with van der Waals surface area (Å²) in [5.74, 6) is -1.24. The Kier molecular flexibility index (Phi) is 6.43. The van der Waals surface area contributed by atoms with Crippen LogP contribution in [0.25, 0.3) is 10.9 Å². The summed E-state index contributed by atoms with van der Waals surface area (Å²) in [5, 5.41) is 8.01. The predicted molar refractivity (Wildman–Crippen MR) is 117 cm³/mol. The molecule has 3 rings (SSSR count). The maximum atomic E-state index is 13.2. The molecule has 0 bridgehead atoms. The van der Waals surface area contributed by atoms with Crippen LogP contribution in [0.5, 0.6) is 0 Å². The van der Waals surface area contributed by atoms with Crippen LogP contribution in [0.3, 0.4) is 0 Å². The van der Waals surface area contributed by atoms with Crippen molar-refractivity contribution in [1.29, 1.82) is 0 Å². The first-order valence-corrected chi connectivity index (χ1v) is 10.3. The quantitative estimate of drug-likeness (QED) is 0.597. The number of amides is 1. The molecule has 0 aliphatic rings. The molecule has 164 valence electrons. The Bertz CT molecular complexity index is 1080. The molecule has 0 saturated heterocycles. The van der Waals surface area contributed by atoms with Gasteiger partial charge in [0.2, 0.25) is 0 Å². The average Bonchev–Trinajstić information content (AvgIpc) is 3.05. The van der Waals surface area contributed by atoms with E-state index in [9.17, 15) is 14.0 Å². The first-order chi connectivity index (χ1) is 14.6. The highest BCUT2D eigenvalue weighted by atomic mass is 19.1. The number of para-hydroxylation sites is 1. The number of hydrogen-bond donors (Lipinski definition) is 1. The lowest BCUT2D eigenvalue weighted by Crippen LogP contribution is -2.50. The van der Waals surface area contributed by atoms with Gasteiger partial charge in [-0.05, 0) is 43.0 Å². The Hall–Kier alpha value is -3.22. The fourth-order valence-corrected chi connectivity index (χ4v) is 3.31. The van der Waals surface area contributed by atoms with Gasteiger partial charge in [-0.2, -0.15) is 5.10 Å². The number of halogens is 1. The molecular weight excluding hydrogens is 397 g/mol. The lowest BCUT2D eigenvalue weighted by atomic mass is 9.86. The highest BCUT2D eigenvalue weighted by molar-refractivity contribution is 6.06. The number of nitrogens with one attached hydrogen (secondary N) is 1. The largest absolute Gasteiger partial charge is 0.461 e. The van der Waals surface area contributed by atoms with Crippen LogP contribution in [0.2, 0.25) is 0 Å². The first-order valence-electron chi connectivity index (χ1n) is 10.3. The Labute approximate surface area is 181 Å². The highest BCUT2D eigenvalue weighted by Gasteiger charge is 2.35. The average molecular weight is 426 g/mol. The normalized spacial score (nSPS) is 12.7. The molecule has 3 aromatic rings. The summed E-state index contributed by atoms with van der Waals surface area (Å²) in [6.45, 7) is 9.51. The minimum Gasteiger partial charge on any atom is -0.461 e. The molecule has 1 aromatic heterocycles. The molecule has 1 unspecified atom stereocenters. The van der Waals surface area contributed by atoms with Crippen molar-refractivity contribution in [2.24, 2.45) is 5.41 Å². The van der Waals surface area contributed by atoms with Gasteiger partial charge in [-0.15, -0.1) is 0 Å². The molecule has 0 saturated carbocycles. The van der Waals surface area contributed by atoms with E-state index in [1.165, 1.54) is 12.1 Å². The Morgan fingerprint density at radius 3 is 2.35 bits per heavy atom. The maximum Gasteiger partial charge on any atom is 0.329 e. The van der Waals surface area contributed by atoms with E-state index < -0.39 is 23.3 Å². The molecule has 0 radical (unpaired) electrons. The summed E-state index contributed by atoms with van der Waals surface area (Å²) in [6.07, 6.45) is -0.287.